The maximum atomic E-state index is 12.6. The van der Waals surface area contributed by atoms with Crippen LogP contribution in [0.5, 0.6) is 5.75 Å². The number of nitrogens with zero attached hydrogens (tertiary/aromatic N) is 1. The third-order valence-electron chi connectivity index (χ3n) is 4.67. The zero-order valence-electron chi connectivity index (χ0n) is 17.8. The van der Waals surface area contributed by atoms with E-state index in [1.165, 1.54) is 0 Å². The minimum atomic E-state index is -1.04. The molecule has 0 bridgehead atoms. The molecule has 0 aliphatic carbocycles. The Kier molecular flexibility index (Phi) is 7.79. The van der Waals surface area contributed by atoms with Gasteiger partial charge >= 0.3 is 12.0 Å². The van der Waals surface area contributed by atoms with Gasteiger partial charge in [-0.15, -0.1) is 0 Å². The molecule has 1 aliphatic rings. The van der Waals surface area contributed by atoms with Gasteiger partial charge in [0.2, 0.25) is 0 Å². The first kappa shape index (κ1) is 23.2. The number of rotatable bonds is 10. The summed E-state index contributed by atoms with van der Waals surface area (Å²) >= 11 is 0. The van der Waals surface area contributed by atoms with Gasteiger partial charge < -0.3 is 20.1 Å². The van der Waals surface area contributed by atoms with Gasteiger partial charge in [-0.3, -0.25) is 19.3 Å². The lowest BCUT2D eigenvalue weighted by atomic mass is 9.92. The van der Waals surface area contributed by atoms with Crippen molar-refractivity contribution in [2.75, 3.05) is 25.1 Å². The Hall–Kier alpha value is -3.10. The Morgan fingerprint density at radius 2 is 1.87 bits per heavy atom. The van der Waals surface area contributed by atoms with Gasteiger partial charge in [-0.1, -0.05) is 13.8 Å². The SMILES string of the molecule is CCOc1ccc(NC(=O)COC(=O)CN2C(=O)N[C@@](C)(CCC(C)C)C2=O)cc1. The topological polar surface area (TPSA) is 114 Å². The van der Waals surface area contributed by atoms with Crippen molar-refractivity contribution < 1.29 is 28.7 Å². The molecule has 1 aromatic rings. The van der Waals surface area contributed by atoms with Gasteiger partial charge in [-0.25, -0.2) is 4.79 Å². The van der Waals surface area contributed by atoms with Crippen molar-refractivity contribution >= 4 is 29.5 Å². The number of anilines is 1. The minimum Gasteiger partial charge on any atom is -0.494 e. The molecule has 1 aliphatic heterocycles. The van der Waals surface area contributed by atoms with E-state index in [0.29, 0.717) is 30.4 Å². The second kappa shape index (κ2) is 10.1. The van der Waals surface area contributed by atoms with Gasteiger partial charge in [0.05, 0.1) is 6.61 Å². The first-order valence-corrected chi connectivity index (χ1v) is 9.97. The van der Waals surface area contributed by atoms with Crippen molar-refractivity contribution in [1.82, 2.24) is 10.2 Å². The van der Waals surface area contributed by atoms with Crippen LogP contribution < -0.4 is 15.4 Å². The van der Waals surface area contributed by atoms with Gasteiger partial charge in [0, 0.05) is 5.69 Å². The first-order chi connectivity index (χ1) is 14.1. The number of hydrogen-bond acceptors (Lipinski definition) is 6. The largest absolute Gasteiger partial charge is 0.494 e. The summed E-state index contributed by atoms with van der Waals surface area (Å²) in [5.41, 5.74) is -0.512. The lowest BCUT2D eigenvalue weighted by molar-refractivity contribution is -0.150. The number of urea groups is 1. The smallest absolute Gasteiger partial charge is 0.326 e. The van der Waals surface area contributed by atoms with E-state index in [2.05, 4.69) is 10.6 Å². The summed E-state index contributed by atoms with van der Waals surface area (Å²) in [6.07, 6.45) is 1.23. The molecular weight excluding hydrogens is 390 g/mol. The van der Waals surface area contributed by atoms with E-state index in [9.17, 15) is 19.2 Å². The van der Waals surface area contributed by atoms with Crippen molar-refractivity contribution in [2.24, 2.45) is 5.92 Å². The Bertz CT molecular complexity index is 792. The van der Waals surface area contributed by atoms with Crippen molar-refractivity contribution in [3.05, 3.63) is 24.3 Å². The van der Waals surface area contributed by atoms with Crippen LogP contribution in [0, 0.1) is 5.92 Å². The molecule has 0 radical (unpaired) electrons. The molecule has 9 nitrogen and oxygen atoms in total. The van der Waals surface area contributed by atoms with Crippen LogP contribution in [-0.4, -0.2) is 54.0 Å². The summed E-state index contributed by atoms with van der Waals surface area (Å²) < 4.78 is 10.2. The fraction of sp³-hybridized carbons (Fsp3) is 0.524. The number of carbonyl (C=O) groups is 4. The van der Waals surface area contributed by atoms with Gasteiger partial charge in [-0.2, -0.15) is 0 Å². The lowest BCUT2D eigenvalue weighted by Gasteiger charge is -2.22. The molecule has 0 aromatic heterocycles. The average molecular weight is 419 g/mol. The average Bonchev–Trinajstić information content (AvgIpc) is 2.90. The number of ether oxygens (including phenoxy) is 2. The number of imide groups is 1. The van der Waals surface area contributed by atoms with Crippen LogP contribution in [0.1, 0.15) is 40.5 Å². The number of amides is 4. The molecule has 1 fully saturated rings. The number of carbonyl (C=O) groups excluding carboxylic acids is 4. The highest BCUT2D eigenvalue weighted by Crippen LogP contribution is 2.24. The maximum Gasteiger partial charge on any atom is 0.326 e. The van der Waals surface area contributed by atoms with Crippen LogP contribution in [-0.2, 0) is 19.1 Å². The van der Waals surface area contributed by atoms with Gasteiger partial charge in [0.25, 0.3) is 11.8 Å². The number of esters is 1. The first-order valence-electron chi connectivity index (χ1n) is 9.97. The van der Waals surface area contributed by atoms with Crippen LogP contribution in [0.2, 0.25) is 0 Å². The lowest BCUT2D eigenvalue weighted by Crippen LogP contribution is -2.44. The van der Waals surface area contributed by atoms with Gasteiger partial charge in [0.15, 0.2) is 6.61 Å². The summed E-state index contributed by atoms with van der Waals surface area (Å²) in [7, 11) is 0. The summed E-state index contributed by atoms with van der Waals surface area (Å²) in [6, 6.07) is 6.10. The van der Waals surface area contributed by atoms with E-state index in [1.54, 1.807) is 31.2 Å². The van der Waals surface area contributed by atoms with Crippen LogP contribution in [0.3, 0.4) is 0 Å². The fourth-order valence-corrected chi connectivity index (χ4v) is 2.96. The zero-order chi connectivity index (χ0) is 22.3. The molecule has 0 unspecified atom stereocenters. The molecule has 1 aromatic carbocycles. The molecule has 0 saturated carbocycles. The molecule has 1 heterocycles. The summed E-state index contributed by atoms with van der Waals surface area (Å²) in [5.74, 6) is -0.792. The number of hydrogen-bond donors (Lipinski definition) is 2. The Balaban J connectivity index is 1.81. The standard InChI is InChI=1S/C21H29N3O6/c1-5-29-16-8-6-15(7-9-16)22-17(25)13-30-18(26)12-24-19(27)21(4,23-20(24)28)11-10-14(2)3/h6-9,14H,5,10-13H2,1-4H3,(H,22,25)(H,23,28)/t21-/m0/s1. The van der Waals surface area contributed by atoms with Gasteiger partial charge in [0.1, 0.15) is 17.8 Å². The molecular formula is C21H29N3O6. The van der Waals surface area contributed by atoms with Crippen molar-refractivity contribution in [3.8, 4) is 5.75 Å². The van der Waals surface area contributed by atoms with Crippen molar-refractivity contribution in [3.63, 3.8) is 0 Å². The highest BCUT2D eigenvalue weighted by Gasteiger charge is 2.48. The minimum absolute atomic E-state index is 0.374. The molecule has 0 spiro atoms. The number of benzene rings is 1. The molecule has 1 atom stereocenters. The Morgan fingerprint density at radius 1 is 1.20 bits per heavy atom. The van der Waals surface area contributed by atoms with E-state index in [-0.39, 0.29) is 0 Å². The Morgan fingerprint density at radius 3 is 2.47 bits per heavy atom. The van der Waals surface area contributed by atoms with E-state index in [1.807, 2.05) is 20.8 Å². The third kappa shape index (κ3) is 6.20. The normalized spacial score (nSPS) is 18.4. The van der Waals surface area contributed by atoms with Crippen LogP contribution in [0.15, 0.2) is 24.3 Å². The van der Waals surface area contributed by atoms with E-state index < -0.39 is 42.5 Å². The molecule has 4 amide bonds. The highest BCUT2D eigenvalue weighted by molar-refractivity contribution is 6.08. The quantitative estimate of drug-likeness (QED) is 0.444. The highest BCUT2D eigenvalue weighted by atomic mass is 16.5. The number of nitrogens with one attached hydrogen (secondary N) is 2. The third-order valence-corrected chi connectivity index (χ3v) is 4.67. The molecule has 164 valence electrons. The van der Waals surface area contributed by atoms with Gasteiger partial charge in [-0.05, 0) is 56.9 Å². The summed E-state index contributed by atoms with van der Waals surface area (Å²) in [6.45, 7) is 7.03. The van der Waals surface area contributed by atoms with Crippen LogP contribution in [0.25, 0.3) is 0 Å². The second-order valence-corrected chi connectivity index (χ2v) is 7.75. The zero-order valence-corrected chi connectivity index (χ0v) is 17.8. The summed E-state index contributed by atoms with van der Waals surface area (Å²) in [4.78, 5) is 49.6. The van der Waals surface area contributed by atoms with Crippen LogP contribution in [0.4, 0.5) is 10.5 Å². The predicted molar refractivity (Wildman–Crippen MR) is 110 cm³/mol. The van der Waals surface area contributed by atoms with Crippen LogP contribution >= 0.6 is 0 Å². The predicted octanol–water partition coefficient (Wildman–Crippen LogP) is 2.31. The van der Waals surface area contributed by atoms with E-state index >= 15 is 0 Å². The fourth-order valence-electron chi connectivity index (χ4n) is 2.96. The van der Waals surface area contributed by atoms with Crippen molar-refractivity contribution in [2.45, 2.75) is 46.1 Å². The second-order valence-electron chi connectivity index (χ2n) is 7.75. The summed E-state index contributed by atoms with van der Waals surface area (Å²) in [5, 5.41) is 5.23. The van der Waals surface area contributed by atoms with Crippen molar-refractivity contribution in [1.29, 1.82) is 0 Å². The molecule has 2 rings (SSSR count). The molecule has 9 heteroatoms. The molecule has 30 heavy (non-hydrogen) atoms. The molecule has 1 saturated heterocycles. The maximum absolute atomic E-state index is 12.6. The monoisotopic (exact) mass is 419 g/mol. The molecule has 2 N–H and O–H groups in total. The Labute approximate surface area is 176 Å². The van der Waals surface area contributed by atoms with E-state index in [0.717, 1.165) is 11.3 Å². The van der Waals surface area contributed by atoms with E-state index in [4.69, 9.17) is 9.47 Å².